The Labute approximate surface area is 94.1 Å². The van der Waals surface area contributed by atoms with E-state index in [1.165, 1.54) is 12.1 Å². The van der Waals surface area contributed by atoms with Crippen molar-refractivity contribution >= 4 is 5.97 Å². The predicted molar refractivity (Wildman–Crippen MR) is 59.6 cm³/mol. The molecule has 0 aliphatic heterocycles. The van der Waals surface area contributed by atoms with Gasteiger partial charge in [-0.1, -0.05) is 18.6 Å². The maximum Gasteiger partial charge on any atom is 0.320 e. The summed E-state index contributed by atoms with van der Waals surface area (Å²) < 4.78 is 12.8. The van der Waals surface area contributed by atoms with Crippen LogP contribution in [0, 0.1) is 5.82 Å². The second-order valence-electron chi connectivity index (χ2n) is 3.82. The van der Waals surface area contributed by atoms with Crippen LogP contribution in [0.4, 0.5) is 4.39 Å². The summed E-state index contributed by atoms with van der Waals surface area (Å²) in [5.74, 6) is -1.20. The van der Waals surface area contributed by atoms with Gasteiger partial charge in [-0.2, -0.15) is 0 Å². The number of rotatable bonds is 6. The fraction of sp³-hybridized carbons (Fsp3) is 0.417. The molecule has 0 heterocycles. The van der Waals surface area contributed by atoms with E-state index in [0.717, 1.165) is 24.8 Å². The summed E-state index contributed by atoms with van der Waals surface area (Å²) >= 11 is 0. The van der Waals surface area contributed by atoms with Crippen LogP contribution < -0.4 is 5.73 Å². The molecule has 3 N–H and O–H groups in total. The van der Waals surface area contributed by atoms with Crippen molar-refractivity contribution in [1.82, 2.24) is 0 Å². The lowest BCUT2D eigenvalue weighted by atomic mass is 10.0. The molecule has 0 aliphatic carbocycles. The number of hydrogen-bond acceptors (Lipinski definition) is 2. The van der Waals surface area contributed by atoms with Crippen LogP contribution in [0.1, 0.15) is 24.8 Å². The quantitative estimate of drug-likeness (QED) is 0.727. The van der Waals surface area contributed by atoms with Crippen molar-refractivity contribution in [2.45, 2.75) is 31.7 Å². The number of unbranched alkanes of at least 4 members (excludes halogenated alkanes) is 1. The lowest BCUT2D eigenvalue weighted by molar-refractivity contribution is -0.138. The summed E-state index contributed by atoms with van der Waals surface area (Å²) in [5, 5.41) is 8.56. The third-order valence-corrected chi connectivity index (χ3v) is 2.44. The Balaban J connectivity index is 2.23. The summed E-state index contributed by atoms with van der Waals surface area (Å²) in [6.07, 6.45) is 2.78. The summed E-state index contributed by atoms with van der Waals surface area (Å²) in [7, 11) is 0. The monoisotopic (exact) mass is 225 g/mol. The van der Waals surface area contributed by atoms with E-state index in [-0.39, 0.29) is 5.82 Å². The number of aliphatic carboxylic acids is 1. The average molecular weight is 225 g/mol. The van der Waals surface area contributed by atoms with Crippen LogP contribution in [0.15, 0.2) is 24.3 Å². The second-order valence-corrected chi connectivity index (χ2v) is 3.82. The first kappa shape index (κ1) is 12.6. The number of hydrogen-bond donors (Lipinski definition) is 2. The molecule has 1 aromatic rings. The topological polar surface area (TPSA) is 63.3 Å². The minimum Gasteiger partial charge on any atom is -0.480 e. The summed E-state index contributed by atoms with van der Waals surface area (Å²) in [6.45, 7) is 0. The molecule has 0 saturated heterocycles. The average Bonchev–Trinajstić information content (AvgIpc) is 2.24. The number of carboxylic acids is 1. The Kier molecular flexibility index (Phi) is 4.92. The van der Waals surface area contributed by atoms with Crippen molar-refractivity contribution in [2.24, 2.45) is 5.73 Å². The van der Waals surface area contributed by atoms with Gasteiger partial charge in [0.15, 0.2) is 0 Å². The number of aryl methyl sites for hydroxylation is 1. The van der Waals surface area contributed by atoms with E-state index in [1.54, 1.807) is 6.07 Å². The molecule has 3 nitrogen and oxygen atoms in total. The van der Waals surface area contributed by atoms with Crippen molar-refractivity contribution in [3.63, 3.8) is 0 Å². The van der Waals surface area contributed by atoms with Gasteiger partial charge in [-0.15, -0.1) is 0 Å². The SMILES string of the molecule is NC(CCCCc1cccc(F)c1)C(=O)O. The van der Waals surface area contributed by atoms with Gasteiger partial charge >= 0.3 is 5.97 Å². The Morgan fingerprint density at radius 2 is 2.19 bits per heavy atom. The molecule has 0 aliphatic rings. The molecule has 88 valence electrons. The molecule has 0 bridgehead atoms. The molecule has 1 unspecified atom stereocenters. The van der Waals surface area contributed by atoms with Crippen molar-refractivity contribution in [3.05, 3.63) is 35.6 Å². The normalized spacial score (nSPS) is 12.4. The summed E-state index contributed by atoms with van der Waals surface area (Å²) in [4.78, 5) is 10.4. The second kappa shape index (κ2) is 6.23. The van der Waals surface area contributed by atoms with Gasteiger partial charge < -0.3 is 10.8 Å². The van der Waals surface area contributed by atoms with Crippen molar-refractivity contribution in [1.29, 1.82) is 0 Å². The largest absolute Gasteiger partial charge is 0.480 e. The molecule has 1 aromatic carbocycles. The van der Waals surface area contributed by atoms with E-state index >= 15 is 0 Å². The number of nitrogens with two attached hydrogens (primary N) is 1. The molecule has 1 atom stereocenters. The van der Waals surface area contributed by atoms with Gasteiger partial charge in [0.25, 0.3) is 0 Å². The fourth-order valence-electron chi connectivity index (χ4n) is 1.51. The van der Waals surface area contributed by atoms with Crippen LogP contribution in [-0.2, 0) is 11.2 Å². The number of halogens is 1. The van der Waals surface area contributed by atoms with Crippen molar-refractivity contribution in [3.8, 4) is 0 Å². The van der Waals surface area contributed by atoms with Gasteiger partial charge in [0.1, 0.15) is 11.9 Å². The lowest BCUT2D eigenvalue weighted by Gasteiger charge is -2.05. The van der Waals surface area contributed by atoms with Gasteiger partial charge in [-0.3, -0.25) is 4.79 Å². The highest BCUT2D eigenvalue weighted by Crippen LogP contribution is 2.09. The highest BCUT2D eigenvalue weighted by molar-refractivity contribution is 5.72. The predicted octanol–water partition coefficient (Wildman–Crippen LogP) is 1.95. The molecular weight excluding hydrogens is 209 g/mol. The smallest absolute Gasteiger partial charge is 0.320 e. The third-order valence-electron chi connectivity index (χ3n) is 2.44. The molecule has 0 amide bonds. The first-order valence-corrected chi connectivity index (χ1v) is 5.32. The standard InChI is InChI=1S/C12H16FNO2/c13-10-6-3-5-9(8-10)4-1-2-7-11(14)12(15)16/h3,5-6,8,11H,1-2,4,7,14H2,(H,15,16). The van der Waals surface area contributed by atoms with E-state index < -0.39 is 12.0 Å². The van der Waals surface area contributed by atoms with Crippen LogP contribution in [-0.4, -0.2) is 17.1 Å². The number of benzene rings is 1. The maximum atomic E-state index is 12.8. The molecule has 4 heteroatoms. The molecule has 0 fully saturated rings. The van der Waals surface area contributed by atoms with Crippen molar-refractivity contribution < 1.29 is 14.3 Å². The molecule has 0 radical (unpaired) electrons. The van der Waals surface area contributed by atoms with Crippen LogP contribution in [0.5, 0.6) is 0 Å². The number of carbonyl (C=O) groups is 1. The first-order valence-electron chi connectivity index (χ1n) is 5.32. The zero-order chi connectivity index (χ0) is 12.0. The van der Waals surface area contributed by atoms with Crippen LogP contribution in [0.2, 0.25) is 0 Å². The highest BCUT2D eigenvalue weighted by Gasteiger charge is 2.09. The molecular formula is C12H16FNO2. The van der Waals surface area contributed by atoms with Gasteiger partial charge in [0.05, 0.1) is 0 Å². The van der Waals surface area contributed by atoms with Gasteiger partial charge in [-0.25, -0.2) is 4.39 Å². The Bertz CT molecular complexity index is 355. The summed E-state index contributed by atoms with van der Waals surface area (Å²) in [6, 6.07) is 5.65. The Morgan fingerprint density at radius 1 is 1.44 bits per heavy atom. The number of carboxylic acid groups (broad SMARTS) is 1. The third kappa shape index (κ3) is 4.40. The van der Waals surface area contributed by atoms with Crippen LogP contribution in [0.3, 0.4) is 0 Å². The highest BCUT2D eigenvalue weighted by atomic mass is 19.1. The molecule has 0 spiro atoms. The van der Waals surface area contributed by atoms with Gasteiger partial charge in [-0.05, 0) is 37.0 Å². The van der Waals surface area contributed by atoms with E-state index in [1.807, 2.05) is 6.07 Å². The molecule has 16 heavy (non-hydrogen) atoms. The zero-order valence-corrected chi connectivity index (χ0v) is 9.03. The van der Waals surface area contributed by atoms with Crippen LogP contribution >= 0.6 is 0 Å². The zero-order valence-electron chi connectivity index (χ0n) is 9.03. The van der Waals surface area contributed by atoms with E-state index in [4.69, 9.17) is 10.8 Å². The van der Waals surface area contributed by atoms with E-state index in [9.17, 15) is 9.18 Å². The van der Waals surface area contributed by atoms with Crippen LogP contribution in [0.25, 0.3) is 0 Å². The van der Waals surface area contributed by atoms with Gasteiger partial charge in [0.2, 0.25) is 0 Å². The molecule has 0 saturated carbocycles. The first-order chi connectivity index (χ1) is 7.59. The Morgan fingerprint density at radius 3 is 2.81 bits per heavy atom. The minimum absolute atomic E-state index is 0.236. The minimum atomic E-state index is -0.967. The summed E-state index contributed by atoms with van der Waals surface area (Å²) in [5.41, 5.74) is 6.29. The Hall–Kier alpha value is -1.42. The molecule has 0 aromatic heterocycles. The van der Waals surface area contributed by atoms with Crippen molar-refractivity contribution in [2.75, 3.05) is 0 Å². The van der Waals surface area contributed by atoms with E-state index in [2.05, 4.69) is 0 Å². The van der Waals surface area contributed by atoms with E-state index in [0.29, 0.717) is 6.42 Å². The maximum absolute atomic E-state index is 12.8. The molecule has 1 rings (SSSR count). The lowest BCUT2D eigenvalue weighted by Crippen LogP contribution is -2.29. The fourth-order valence-corrected chi connectivity index (χ4v) is 1.51. The van der Waals surface area contributed by atoms with Gasteiger partial charge in [0, 0.05) is 0 Å².